The molecule has 0 unspecified atom stereocenters. The zero-order valence-corrected chi connectivity index (χ0v) is 14.1. The number of rotatable bonds is 5. The molecule has 4 rings (SSSR count). The molecule has 8 heteroatoms. The molecule has 0 aliphatic carbocycles. The van der Waals surface area contributed by atoms with Gasteiger partial charge >= 0.3 is 0 Å². The van der Waals surface area contributed by atoms with Gasteiger partial charge in [0.1, 0.15) is 5.82 Å². The first-order chi connectivity index (χ1) is 11.3. The molecule has 6 nitrogen and oxygen atoms in total. The topological polar surface area (TPSA) is 68.0 Å². The number of aryl methyl sites for hydroxylation is 1. The minimum absolute atomic E-state index is 0.743. The summed E-state index contributed by atoms with van der Waals surface area (Å²) in [4.78, 5) is 5.61. The molecule has 4 aromatic rings. The third kappa shape index (κ3) is 2.95. The van der Waals surface area contributed by atoms with E-state index in [1.54, 1.807) is 27.2 Å². The van der Waals surface area contributed by atoms with E-state index in [1.165, 1.54) is 4.88 Å². The lowest BCUT2D eigenvalue weighted by Gasteiger charge is -2.05. The predicted molar refractivity (Wildman–Crippen MR) is 93.1 cm³/mol. The normalized spacial score (nSPS) is 11.2. The van der Waals surface area contributed by atoms with E-state index in [9.17, 15) is 0 Å². The molecule has 0 fully saturated rings. The maximum Gasteiger partial charge on any atom is 0.186 e. The first kappa shape index (κ1) is 14.3. The van der Waals surface area contributed by atoms with Crippen molar-refractivity contribution in [3.05, 3.63) is 45.0 Å². The lowest BCUT2D eigenvalue weighted by atomic mass is 10.3. The summed E-state index contributed by atoms with van der Waals surface area (Å²) in [6, 6.07) is 5.87. The Kier molecular flexibility index (Phi) is 3.76. The summed E-state index contributed by atoms with van der Waals surface area (Å²) in [5.41, 5.74) is 1.78. The Labute approximate surface area is 140 Å². The highest BCUT2D eigenvalue weighted by Gasteiger charge is 2.10. The number of nitrogens with one attached hydrogen (secondary N) is 1. The van der Waals surface area contributed by atoms with Gasteiger partial charge in [-0.1, -0.05) is 0 Å². The summed E-state index contributed by atoms with van der Waals surface area (Å²) in [5.74, 6) is 1.57. The second kappa shape index (κ2) is 6.05. The highest BCUT2D eigenvalue weighted by atomic mass is 32.1. The average molecular weight is 342 g/mol. The van der Waals surface area contributed by atoms with Crippen molar-refractivity contribution in [1.82, 2.24) is 24.8 Å². The van der Waals surface area contributed by atoms with Crippen LogP contribution in [0.15, 0.2) is 35.2 Å². The molecule has 0 atom stereocenters. The van der Waals surface area contributed by atoms with Crippen LogP contribution in [0.5, 0.6) is 0 Å². The Morgan fingerprint density at radius 2 is 2.17 bits per heavy atom. The van der Waals surface area contributed by atoms with Gasteiger partial charge in [-0.3, -0.25) is 0 Å². The molecule has 0 spiro atoms. The van der Waals surface area contributed by atoms with Crippen LogP contribution in [-0.4, -0.2) is 31.3 Å². The van der Waals surface area contributed by atoms with Crippen LogP contribution in [0, 0.1) is 6.92 Å². The van der Waals surface area contributed by atoms with E-state index in [0.717, 1.165) is 40.8 Å². The van der Waals surface area contributed by atoms with E-state index < -0.39 is 0 Å². The largest absolute Gasteiger partial charge is 0.368 e. The molecule has 1 N–H and O–H groups in total. The summed E-state index contributed by atoms with van der Waals surface area (Å²) in [5, 5.41) is 21.5. The third-order valence-electron chi connectivity index (χ3n) is 3.36. The Morgan fingerprint density at radius 1 is 1.22 bits per heavy atom. The Hall–Kier alpha value is -2.32. The fraction of sp³-hybridized carbons (Fsp3) is 0.200. The second-order valence-electron chi connectivity index (χ2n) is 5.07. The molecule has 0 amide bonds. The van der Waals surface area contributed by atoms with Gasteiger partial charge in [0.15, 0.2) is 11.5 Å². The maximum atomic E-state index is 4.60. The number of hydrogen-bond donors (Lipinski definition) is 1. The van der Waals surface area contributed by atoms with E-state index in [4.69, 9.17) is 0 Å². The molecule has 0 saturated carbocycles. The number of fused-ring (bicyclic) bond motifs is 1. The Morgan fingerprint density at radius 3 is 2.96 bits per heavy atom. The number of nitrogens with zero attached hydrogens (tertiary/aromatic N) is 5. The molecule has 0 aliphatic heterocycles. The summed E-state index contributed by atoms with van der Waals surface area (Å²) in [6.07, 6.45) is 2.80. The van der Waals surface area contributed by atoms with Crippen molar-refractivity contribution in [3.63, 3.8) is 0 Å². The van der Waals surface area contributed by atoms with Crippen molar-refractivity contribution in [1.29, 1.82) is 0 Å². The van der Waals surface area contributed by atoms with Crippen molar-refractivity contribution in [3.8, 4) is 11.4 Å². The predicted octanol–water partition coefficient (Wildman–Crippen LogP) is 3.27. The third-order valence-corrected chi connectivity index (χ3v) is 5.01. The van der Waals surface area contributed by atoms with Crippen molar-refractivity contribution in [2.75, 3.05) is 11.9 Å². The van der Waals surface area contributed by atoms with Gasteiger partial charge in [0.05, 0.1) is 5.01 Å². The fourth-order valence-electron chi connectivity index (χ4n) is 2.27. The van der Waals surface area contributed by atoms with Crippen LogP contribution in [0.25, 0.3) is 17.0 Å². The van der Waals surface area contributed by atoms with Crippen LogP contribution in [-0.2, 0) is 6.42 Å². The highest BCUT2D eigenvalue weighted by molar-refractivity contribution is 7.11. The highest BCUT2D eigenvalue weighted by Crippen LogP contribution is 2.21. The molecule has 4 heterocycles. The number of thiophene rings is 1. The van der Waals surface area contributed by atoms with Crippen LogP contribution >= 0.6 is 22.7 Å². The first-order valence-electron chi connectivity index (χ1n) is 7.20. The first-order valence-corrected chi connectivity index (χ1v) is 8.96. The molecule has 0 aliphatic rings. The SMILES string of the molecule is Cc1cnc(CCNc2ccc3nnc(-c4ccsc4)n3n2)s1. The van der Waals surface area contributed by atoms with Crippen molar-refractivity contribution in [2.24, 2.45) is 0 Å². The van der Waals surface area contributed by atoms with Crippen LogP contribution in [0.3, 0.4) is 0 Å². The van der Waals surface area contributed by atoms with Crippen LogP contribution in [0.1, 0.15) is 9.88 Å². The van der Waals surface area contributed by atoms with E-state index >= 15 is 0 Å². The summed E-state index contributed by atoms with van der Waals surface area (Å²) < 4.78 is 1.78. The van der Waals surface area contributed by atoms with Gasteiger partial charge in [-0.15, -0.1) is 26.6 Å². The van der Waals surface area contributed by atoms with Gasteiger partial charge in [-0.05, 0) is 30.5 Å². The molecule has 23 heavy (non-hydrogen) atoms. The number of thiazole rings is 1. The average Bonchev–Trinajstić information content (AvgIpc) is 3.27. The van der Waals surface area contributed by atoms with Crippen LogP contribution in [0.4, 0.5) is 5.82 Å². The molecule has 0 saturated heterocycles. The molecular weight excluding hydrogens is 328 g/mol. The smallest absolute Gasteiger partial charge is 0.186 e. The lowest BCUT2D eigenvalue weighted by Crippen LogP contribution is -2.08. The van der Waals surface area contributed by atoms with E-state index in [2.05, 4.69) is 32.5 Å². The minimum Gasteiger partial charge on any atom is -0.368 e. The zero-order valence-electron chi connectivity index (χ0n) is 12.4. The molecule has 0 aromatic carbocycles. The van der Waals surface area contributed by atoms with Gasteiger partial charge in [0, 0.05) is 35.0 Å². The van der Waals surface area contributed by atoms with E-state index in [-0.39, 0.29) is 0 Å². The van der Waals surface area contributed by atoms with E-state index in [0.29, 0.717) is 0 Å². The molecule has 0 bridgehead atoms. The van der Waals surface area contributed by atoms with Gasteiger partial charge in [-0.25, -0.2) is 4.98 Å². The number of hydrogen-bond acceptors (Lipinski definition) is 7. The van der Waals surface area contributed by atoms with Crippen molar-refractivity contribution >= 4 is 34.1 Å². The second-order valence-corrected chi connectivity index (χ2v) is 7.16. The Bertz CT molecular complexity index is 925. The summed E-state index contributed by atoms with van der Waals surface area (Å²) >= 11 is 3.37. The lowest BCUT2D eigenvalue weighted by molar-refractivity contribution is 0.913. The van der Waals surface area contributed by atoms with Crippen LogP contribution < -0.4 is 5.32 Å². The Balaban J connectivity index is 1.53. The molecule has 0 radical (unpaired) electrons. The van der Waals surface area contributed by atoms with Gasteiger partial charge < -0.3 is 5.32 Å². The quantitative estimate of drug-likeness (QED) is 0.603. The summed E-state index contributed by atoms with van der Waals surface area (Å²) in [7, 11) is 0. The minimum atomic E-state index is 0.743. The number of aromatic nitrogens is 5. The fourth-order valence-corrected chi connectivity index (χ4v) is 3.69. The zero-order chi connectivity index (χ0) is 15.6. The van der Waals surface area contributed by atoms with Gasteiger partial charge in [-0.2, -0.15) is 15.9 Å². The van der Waals surface area contributed by atoms with E-state index in [1.807, 2.05) is 35.2 Å². The van der Waals surface area contributed by atoms with Gasteiger partial charge in [0.2, 0.25) is 0 Å². The molecular formula is C15H14N6S2. The van der Waals surface area contributed by atoms with Crippen molar-refractivity contribution in [2.45, 2.75) is 13.3 Å². The monoisotopic (exact) mass is 342 g/mol. The van der Waals surface area contributed by atoms with Gasteiger partial charge in [0.25, 0.3) is 0 Å². The van der Waals surface area contributed by atoms with Crippen molar-refractivity contribution < 1.29 is 0 Å². The number of anilines is 1. The summed E-state index contributed by atoms with van der Waals surface area (Å²) in [6.45, 7) is 2.86. The molecule has 116 valence electrons. The molecule has 4 aromatic heterocycles. The maximum absolute atomic E-state index is 4.60. The van der Waals surface area contributed by atoms with Crippen LogP contribution in [0.2, 0.25) is 0 Å². The standard InChI is InChI=1S/C15H14N6S2/c1-10-8-17-14(23-10)4-6-16-12-2-3-13-18-19-15(21(13)20-12)11-5-7-22-9-11/h2-3,5,7-9H,4,6H2,1H3,(H,16,20).